The van der Waals surface area contributed by atoms with Crippen LogP contribution in [0.1, 0.15) is 18.4 Å². The Morgan fingerprint density at radius 1 is 0.961 bits per heavy atom. The van der Waals surface area contributed by atoms with Crippen molar-refractivity contribution in [3.8, 4) is 11.3 Å². The molecule has 1 saturated heterocycles. The summed E-state index contributed by atoms with van der Waals surface area (Å²) in [6.45, 7) is 14.4. The van der Waals surface area contributed by atoms with E-state index in [1.165, 1.54) is 5.56 Å². The predicted molar refractivity (Wildman–Crippen MR) is 209 cm³/mol. The molecule has 0 saturated carbocycles. The first kappa shape index (κ1) is 38.5. The summed E-state index contributed by atoms with van der Waals surface area (Å²) in [6.07, 6.45) is 7.20. The molecule has 13 heteroatoms. The van der Waals surface area contributed by atoms with Crippen LogP contribution in [-0.2, 0) is 20.8 Å². The number of carbonyl (C=O) groups is 1. The highest BCUT2D eigenvalue weighted by atomic mass is 28.3. The van der Waals surface area contributed by atoms with Crippen molar-refractivity contribution in [3.63, 3.8) is 0 Å². The molecule has 3 unspecified atom stereocenters. The normalized spacial score (nSPS) is 20.8. The van der Waals surface area contributed by atoms with Crippen molar-refractivity contribution in [1.29, 1.82) is 0 Å². The number of piperazine rings is 1. The number of pyridine rings is 1. The van der Waals surface area contributed by atoms with E-state index in [1.807, 2.05) is 49.7 Å². The van der Waals surface area contributed by atoms with Gasteiger partial charge in [0, 0.05) is 117 Å². The predicted octanol–water partition coefficient (Wildman–Crippen LogP) is 4.88. The Hall–Kier alpha value is -3.75. The summed E-state index contributed by atoms with van der Waals surface area (Å²) in [5.41, 5.74) is 3.88. The molecule has 3 aromatic rings. The summed E-state index contributed by atoms with van der Waals surface area (Å²) >= 11 is 0. The molecule has 2 aromatic heterocycles. The Morgan fingerprint density at radius 3 is 2.59 bits per heavy atom. The smallest absolute Gasteiger partial charge is 0.236 e. The molecule has 5 aliphatic heterocycles. The van der Waals surface area contributed by atoms with Gasteiger partial charge in [-0.1, -0.05) is 31.8 Å². The van der Waals surface area contributed by atoms with E-state index < -0.39 is 8.07 Å². The number of aromatic nitrogens is 3. The van der Waals surface area contributed by atoms with Crippen LogP contribution in [0.3, 0.4) is 0 Å². The van der Waals surface area contributed by atoms with E-state index in [0.717, 1.165) is 74.4 Å². The fraction of sp³-hybridized carbons (Fsp3) is 0.553. The number of carbonyl (C=O) groups excluding carboxylic acids is 1. The summed E-state index contributed by atoms with van der Waals surface area (Å²) in [5, 5.41) is 0. The van der Waals surface area contributed by atoms with Gasteiger partial charge in [0.25, 0.3) is 0 Å². The highest BCUT2D eigenvalue weighted by Gasteiger charge is 2.29. The van der Waals surface area contributed by atoms with Crippen LogP contribution >= 0.6 is 0 Å². The van der Waals surface area contributed by atoms with Gasteiger partial charge in [-0.25, -0.2) is 15.0 Å². The maximum atomic E-state index is 13.3. The fourth-order valence-electron chi connectivity index (χ4n) is 6.29. The van der Waals surface area contributed by atoms with Gasteiger partial charge in [-0.3, -0.25) is 19.5 Å². The molecule has 8 rings (SSSR count). The van der Waals surface area contributed by atoms with Crippen molar-refractivity contribution in [3.05, 3.63) is 60.4 Å². The number of likely N-dealkylation sites (N-methyl/N-ethyl adjacent to an activating group) is 1. The molecule has 276 valence electrons. The second-order valence-electron chi connectivity index (χ2n) is 14.8. The zero-order valence-electron chi connectivity index (χ0n) is 31.5. The molecule has 51 heavy (non-hydrogen) atoms. The zero-order chi connectivity index (χ0) is 36.2. The lowest BCUT2D eigenvalue weighted by Gasteiger charge is -2.41. The standard InChI is InChI=1S/C38H57N9O3Si/c1-39-15-8-21-49-29-34-27-45-19-20-46(34)26-31-10-7-11-33(24-31)47(30-50-22-23-51(4,5)6)38-40-16-14-35(42-38)32-12-13-36(41-25-32)43(2)17-9-18-44(3)37(48)28-45/h7,10-16,24-25,34H,8-9,17-23,26-30H2,1-6H3. The van der Waals surface area contributed by atoms with E-state index in [9.17, 15) is 4.79 Å². The number of rotatable bonds is 10. The Morgan fingerprint density at radius 2 is 1.80 bits per heavy atom. The van der Waals surface area contributed by atoms with E-state index in [2.05, 4.69) is 74.6 Å². The molecule has 0 spiro atoms. The number of ether oxygens (including phenoxy) is 2. The van der Waals surface area contributed by atoms with E-state index in [0.29, 0.717) is 45.6 Å². The molecule has 1 fully saturated rings. The number of aliphatic imine (C=N–C) groups is 1. The third-order valence-electron chi connectivity index (χ3n) is 9.49. The fourth-order valence-corrected chi connectivity index (χ4v) is 7.05. The van der Waals surface area contributed by atoms with Crippen LogP contribution in [0, 0.1) is 0 Å². The molecule has 0 radical (unpaired) electrons. The third kappa shape index (κ3) is 11.6. The van der Waals surface area contributed by atoms with Gasteiger partial charge in [0.15, 0.2) is 0 Å². The van der Waals surface area contributed by atoms with Gasteiger partial charge in [-0.2, -0.15) is 0 Å². The summed E-state index contributed by atoms with van der Waals surface area (Å²) in [4.78, 5) is 42.8. The molecule has 12 nitrogen and oxygen atoms in total. The van der Waals surface area contributed by atoms with Crippen LogP contribution in [0.25, 0.3) is 11.3 Å². The molecule has 1 aromatic carbocycles. The van der Waals surface area contributed by atoms with Gasteiger partial charge >= 0.3 is 0 Å². The van der Waals surface area contributed by atoms with Crippen LogP contribution in [0.5, 0.6) is 0 Å². The Bertz CT molecular complexity index is 1570. The maximum absolute atomic E-state index is 13.3. The van der Waals surface area contributed by atoms with Crippen LogP contribution in [0.4, 0.5) is 17.5 Å². The number of benzene rings is 1. The largest absolute Gasteiger partial charge is 0.379 e. The quantitative estimate of drug-likeness (QED) is 0.164. The van der Waals surface area contributed by atoms with Gasteiger partial charge in [0.1, 0.15) is 12.5 Å². The number of hydrogen-bond donors (Lipinski definition) is 0. The Kier molecular flexibility index (Phi) is 14.1. The molecule has 5 aliphatic rings. The second-order valence-corrected chi connectivity index (χ2v) is 20.5. The van der Waals surface area contributed by atoms with E-state index >= 15 is 0 Å². The van der Waals surface area contributed by atoms with Crippen molar-refractivity contribution < 1.29 is 14.3 Å². The maximum Gasteiger partial charge on any atom is 0.236 e. The van der Waals surface area contributed by atoms with Crippen molar-refractivity contribution in [2.24, 2.45) is 4.99 Å². The summed E-state index contributed by atoms with van der Waals surface area (Å²) < 4.78 is 12.5. The average Bonchev–Trinajstić information content (AvgIpc) is 3.12. The van der Waals surface area contributed by atoms with Crippen LogP contribution in [0.15, 0.2) is 59.9 Å². The minimum atomic E-state index is -1.26. The minimum absolute atomic E-state index is 0.146. The lowest BCUT2D eigenvalue weighted by Crippen LogP contribution is -2.56. The highest BCUT2D eigenvalue weighted by Crippen LogP contribution is 2.27. The summed E-state index contributed by atoms with van der Waals surface area (Å²) in [7, 11) is 4.47. The molecule has 3 atom stereocenters. The topological polar surface area (TPSA) is 103 Å². The highest BCUT2D eigenvalue weighted by molar-refractivity contribution is 6.76. The van der Waals surface area contributed by atoms with Gasteiger partial charge in [0.2, 0.25) is 11.9 Å². The second kappa shape index (κ2) is 18.7. The first-order valence-electron chi connectivity index (χ1n) is 18.2. The van der Waals surface area contributed by atoms with Gasteiger partial charge < -0.3 is 24.3 Å². The molecular formula is C38H57N9O3Si. The van der Waals surface area contributed by atoms with Gasteiger partial charge in [-0.05, 0) is 48.4 Å². The SMILES string of the molecule is CN=CCCOCC1CN2CCN1Cc1cccc(c1)N(COCC[Si](C)(C)C)c1nccc(n1)-c1ccc(nc1)N(C)CCCN(C)C(=O)C2. The molecule has 8 bridgehead atoms. The van der Waals surface area contributed by atoms with E-state index in [1.54, 1.807) is 7.05 Å². The molecule has 0 N–H and O–H groups in total. The van der Waals surface area contributed by atoms with Crippen molar-refractivity contribution >= 4 is 37.6 Å². The van der Waals surface area contributed by atoms with Gasteiger partial charge in [-0.15, -0.1) is 0 Å². The number of hydrogen-bond acceptors (Lipinski definition) is 11. The monoisotopic (exact) mass is 715 g/mol. The van der Waals surface area contributed by atoms with Crippen molar-refractivity contribution in [1.82, 2.24) is 29.7 Å². The molecule has 1 amide bonds. The Labute approximate surface area is 305 Å². The summed E-state index contributed by atoms with van der Waals surface area (Å²) in [5.74, 6) is 1.61. The molecule has 0 aliphatic carbocycles. The number of anilines is 3. The third-order valence-corrected chi connectivity index (χ3v) is 11.2. The lowest BCUT2D eigenvalue weighted by molar-refractivity contribution is -0.132. The molecular weight excluding hydrogens is 659 g/mol. The van der Waals surface area contributed by atoms with Crippen molar-refractivity contribution in [2.75, 3.05) is 96.8 Å². The average molecular weight is 716 g/mol. The Balaban J connectivity index is 1.46. The first-order chi connectivity index (χ1) is 24.6. The number of amides is 1. The lowest BCUT2D eigenvalue weighted by atomic mass is 10.1. The first-order valence-corrected chi connectivity index (χ1v) is 21.9. The summed E-state index contributed by atoms with van der Waals surface area (Å²) in [6, 6.07) is 15.8. The molecule has 7 heterocycles. The van der Waals surface area contributed by atoms with E-state index in [4.69, 9.17) is 24.4 Å². The van der Waals surface area contributed by atoms with Crippen LogP contribution in [-0.4, -0.2) is 143 Å². The van der Waals surface area contributed by atoms with Crippen LogP contribution in [0.2, 0.25) is 25.7 Å². The van der Waals surface area contributed by atoms with Crippen LogP contribution < -0.4 is 9.80 Å². The zero-order valence-corrected chi connectivity index (χ0v) is 32.5. The number of nitrogens with zero attached hydrogens (tertiary/aromatic N) is 9. The van der Waals surface area contributed by atoms with Gasteiger partial charge in [0.05, 0.1) is 25.5 Å². The van der Waals surface area contributed by atoms with E-state index in [-0.39, 0.29) is 11.9 Å². The minimum Gasteiger partial charge on any atom is -0.379 e. The van der Waals surface area contributed by atoms with Crippen molar-refractivity contribution in [2.45, 2.75) is 51.1 Å².